The van der Waals surface area contributed by atoms with Crippen LogP contribution in [-0.2, 0) is 9.59 Å². The van der Waals surface area contributed by atoms with Gasteiger partial charge in [-0.3, -0.25) is 14.5 Å². The van der Waals surface area contributed by atoms with Gasteiger partial charge >= 0.3 is 5.97 Å². The van der Waals surface area contributed by atoms with E-state index in [2.05, 4.69) is 6.58 Å². The average Bonchev–Trinajstić information content (AvgIpc) is 2.26. The van der Waals surface area contributed by atoms with E-state index >= 15 is 0 Å². The van der Waals surface area contributed by atoms with Crippen molar-refractivity contribution in [3.8, 4) is 0 Å². The number of para-hydroxylation sites is 1. The van der Waals surface area contributed by atoms with E-state index in [1.54, 1.807) is 0 Å². The van der Waals surface area contributed by atoms with Crippen molar-refractivity contribution in [2.75, 3.05) is 11.4 Å². The first kappa shape index (κ1) is 11.9. The molecule has 0 aliphatic rings. The zero-order valence-electron chi connectivity index (χ0n) is 8.39. The Balaban J connectivity index is 3.10. The normalized spacial score (nSPS) is 9.56. The van der Waals surface area contributed by atoms with E-state index in [9.17, 15) is 14.0 Å². The van der Waals surface area contributed by atoms with E-state index in [-0.39, 0.29) is 5.69 Å². The van der Waals surface area contributed by atoms with Gasteiger partial charge < -0.3 is 5.11 Å². The van der Waals surface area contributed by atoms with E-state index in [4.69, 9.17) is 5.11 Å². The van der Waals surface area contributed by atoms with Crippen LogP contribution in [0.25, 0.3) is 0 Å². The lowest BCUT2D eigenvalue weighted by atomic mass is 10.2. The molecule has 5 heteroatoms. The summed E-state index contributed by atoms with van der Waals surface area (Å²) in [4.78, 5) is 22.8. The predicted octanol–water partition coefficient (Wildman–Crippen LogP) is 1.43. The molecule has 0 aromatic heterocycles. The largest absolute Gasteiger partial charge is 0.480 e. The van der Waals surface area contributed by atoms with Gasteiger partial charge in [0.15, 0.2) is 0 Å². The standard InChI is InChI=1S/C11H10FNO3/c1-2-10(14)13(7-11(15)16)9-6-4-3-5-8(9)12/h2-6H,1,7H2,(H,15,16). The molecule has 0 fully saturated rings. The molecule has 0 saturated heterocycles. The Bertz CT molecular complexity index is 431. The van der Waals surface area contributed by atoms with Gasteiger partial charge in [-0.25, -0.2) is 4.39 Å². The molecule has 0 saturated carbocycles. The first-order chi connectivity index (χ1) is 7.56. The van der Waals surface area contributed by atoms with Crippen molar-refractivity contribution in [3.63, 3.8) is 0 Å². The topological polar surface area (TPSA) is 57.6 Å². The minimum Gasteiger partial charge on any atom is -0.480 e. The van der Waals surface area contributed by atoms with Gasteiger partial charge in [-0.15, -0.1) is 0 Å². The number of amides is 1. The number of anilines is 1. The third-order valence-corrected chi connectivity index (χ3v) is 1.88. The van der Waals surface area contributed by atoms with Gasteiger partial charge in [-0.05, 0) is 18.2 Å². The van der Waals surface area contributed by atoms with E-state index in [0.717, 1.165) is 17.0 Å². The Morgan fingerprint density at radius 2 is 2.06 bits per heavy atom. The number of carbonyl (C=O) groups excluding carboxylic acids is 1. The van der Waals surface area contributed by atoms with Crippen LogP contribution in [-0.4, -0.2) is 23.5 Å². The highest BCUT2D eigenvalue weighted by atomic mass is 19.1. The number of carboxylic acid groups (broad SMARTS) is 1. The van der Waals surface area contributed by atoms with Crippen LogP contribution in [0.4, 0.5) is 10.1 Å². The first-order valence-electron chi connectivity index (χ1n) is 4.46. The lowest BCUT2D eigenvalue weighted by Crippen LogP contribution is -2.35. The van der Waals surface area contributed by atoms with Gasteiger partial charge in [0.2, 0.25) is 0 Å². The maximum absolute atomic E-state index is 13.4. The molecule has 1 N–H and O–H groups in total. The third kappa shape index (κ3) is 2.66. The zero-order chi connectivity index (χ0) is 12.1. The number of nitrogens with zero attached hydrogens (tertiary/aromatic N) is 1. The van der Waals surface area contributed by atoms with Crippen molar-refractivity contribution in [2.45, 2.75) is 0 Å². The number of rotatable bonds is 4. The fraction of sp³-hybridized carbons (Fsp3) is 0.0909. The molecule has 0 unspecified atom stereocenters. The number of carboxylic acids is 1. The van der Waals surface area contributed by atoms with Crippen LogP contribution in [0, 0.1) is 5.82 Å². The summed E-state index contributed by atoms with van der Waals surface area (Å²) in [6, 6.07) is 5.46. The zero-order valence-corrected chi connectivity index (χ0v) is 8.39. The smallest absolute Gasteiger partial charge is 0.323 e. The van der Waals surface area contributed by atoms with E-state index in [0.29, 0.717) is 0 Å². The van der Waals surface area contributed by atoms with Crippen molar-refractivity contribution >= 4 is 17.6 Å². The van der Waals surface area contributed by atoms with Crippen LogP contribution in [0.3, 0.4) is 0 Å². The molecule has 1 amide bonds. The Kier molecular flexibility index (Phi) is 3.77. The number of carbonyl (C=O) groups is 2. The van der Waals surface area contributed by atoms with E-state index in [1.807, 2.05) is 0 Å². The summed E-state index contributed by atoms with van der Waals surface area (Å²) in [5.74, 6) is -2.54. The lowest BCUT2D eigenvalue weighted by Gasteiger charge is -2.19. The second kappa shape index (κ2) is 5.06. The maximum atomic E-state index is 13.4. The fourth-order valence-corrected chi connectivity index (χ4v) is 1.20. The molecule has 1 aromatic carbocycles. The van der Waals surface area contributed by atoms with Crippen molar-refractivity contribution in [3.05, 3.63) is 42.7 Å². The molecule has 16 heavy (non-hydrogen) atoms. The Morgan fingerprint density at radius 1 is 1.44 bits per heavy atom. The summed E-state index contributed by atoms with van der Waals surface area (Å²) in [5.41, 5.74) is -0.0743. The minimum absolute atomic E-state index is 0.0743. The van der Waals surface area contributed by atoms with Gasteiger partial charge in [-0.1, -0.05) is 18.7 Å². The summed E-state index contributed by atoms with van der Waals surface area (Å²) in [6.45, 7) is 2.63. The summed E-state index contributed by atoms with van der Waals surface area (Å²) >= 11 is 0. The van der Waals surface area contributed by atoms with Crippen LogP contribution >= 0.6 is 0 Å². The number of hydrogen-bond acceptors (Lipinski definition) is 2. The van der Waals surface area contributed by atoms with E-state index < -0.39 is 24.2 Å². The summed E-state index contributed by atoms with van der Waals surface area (Å²) in [7, 11) is 0. The van der Waals surface area contributed by atoms with Gasteiger partial charge in [-0.2, -0.15) is 0 Å². The second-order valence-corrected chi connectivity index (χ2v) is 2.97. The average molecular weight is 223 g/mol. The molecule has 1 rings (SSSR count). The van der Waals surface area contributed by atoms with Crippen LogP contribution in [0.2, 0.25) is 0 Å². The quantitative estimate of drug-likeness (QED) is 0.785. The van der Waals surface area contributed by atoms with Crippen LogP contribution < -0.4 is 4.90 Å². The molecular formula is C11H10FNO3. The monoisotopic (exact) mass is 223 g/mol. The Labute approximate surface area is 91.6 Å². The predicted molar refractivity (Wildman–Crippen MR) is 56.6 cm³/mol. The SMILES string of the molecule is C=CC(=O)N(CC(=O)O)c1ccccc1F. The van der Waals surface area contributed by atoms with Gasteiger partial charge in [0.25, 0.3) is 5.91 Å². The Morgan fingerprint density at radius 3 is 2.56 bits per heavy atom. The molecule has 0 bridgehead atoms. The van der Waals surface area contributed by atoms with Crippen molar-refractivity contribution < 1.29 is 19.1 Å². The molecule has 0 spiro atoms. The summed E-state index contributed by atoms with van der Waals surface area (Å²) in [6.07, 6.45) is 0.940. The number of benzene rings is 1. The summed E-state index contributed by atoms with van der Waals surface area (Å²) < 4.78 is 13.4. The number of aliphatic carboxylic acids is 1. The van der Waals surface area contributed by atoms with Crippen LogP contribution in [0.1, 0.15) is 0 Å². The second-order valence-electron chi connectivity index (χ2n) is 2.97. The minimum atomic E-state index is -1.22. The number of hydrogen-bond donors (Lipinski definition) is 1. The molecule has 84 valence electrons. The number of halogens is 1. The molecule has 0 aliphatic heterocycles. The molecule has 0 heterocycles. The lowest BCUT2D eigenvalue weighted by molar-refractivity contribution is -0.136. The van der Waals surface area contributed by atoms with Crippen molar-refractivity contribution in [2.24, 2.45) is 0 Å². The highest BCUT2D eigenvalue weighted by Crippen LogP contribution is 2.18. The molecular weight excluding hydrogens is 213 g/mol. The van der Waals surface area contributed by atoms with Gasteiger partial charge in [0.1, 0.15) is 12.4 Å². The van der Waals surface area contributed by atoms with Gasteiger partial charge in [0.05, 0.1) is 5.69 Å². The summed E-state index contributed by atoms with van der Waals surface area (Å²) in [5, 5.41) is 8.63. The highest BCUT2D eigenvalue weighted by Gasteiger charge is 2.18. The first-order valence-corrected chi connectivity index (χ1v) is 4.46. The highest BCUT2D eigenvalue weighted by molar-refractivity contribution is 6.03. The van der Waals surface area contributed by atoms with Crippen molar-refractivity contribution in [1.29, 1.82) is 0 Å². The maximum Gasteiger partial charge on any atom is 0.323 e. The van der Waals surface area contributed by atoms with Gasteiger partial charge in [0, 0.05) is 0 Å². The van der Waals surface area contributed by atoms with Crippen LogP contribution in [0.5, 0.6) is 0 Å². The molecule has 0 aliphatic carbocycles. The van der Waals surface area contributed by atoms with Crippen molar-refractivity contribution in [1.82, 2.24) is 0 Å². The van der Waals surface area contributed by atoms with Crippen LogP contribution in [0.15, 0.2) is 36.9 Å². The fourth-order valence-electron chi connectivity index (χ4n) is 1.20. The van der Waals surface area contributed by atoms with E-state index in [1.165, 1.54) is 18.2 Å². The molecule has 1 aromatic rings. The molecule has 0 atom stereocenters. The Hall–Kier alpha value is -2.17. The molecule has 0 radical (unpaired) electrons. The molecule has 4 nitrogen and oxygen atoms in total. The third-order valence-electron chi connectivity index (χ3n) is 1.88.